The second-order valence-electron chi connectivity index (χ2n) is 2.72. The summed E-state index contributed by atoms with van der Waals surface area (Å²) in [4.78, 5) is 9.86. The molecule has 0 saturated heterocycles. The summed E-state index contributed by atoms with van der Waals surface area (Å²) >= 11 is 1.08. The van der Waals surface area contributed by atoms with Crippen LogP contribution < -0.4 is 5.73 Å². The lowest BCUT2D eigenvalue weighted by Gasteiger charge is -1.90. The van der Waals surface area contributed by atoms with Gasteiger partial charge in [0.25, 0.3) is 5.69 Å². The Hall–Kier alpha value is -1.69. The molecule has 2 N–H and O–H groups in total. The van der Waals surface area contributed by atoms with Crippen LogP contribution in [-0.2, 0) is 0 Å². The van der Waals surface area contributed by atoms with Crippen molar-refractivity contribution in [2.24, 2.45) is 0 Å². The number of nitrogens with two attached hydrogens (primary N) is 1. The summed E-state index contributed by atoms with van der Waals surface area (Å²) in [7, 11) is 0. The average Bonchev–Trinajstić information content (AvgIpc) is 2.43. The second kappa shape index (κ2) is 2.91. The Morgan fingerprint density at radius 1 is 1.50 bits per heavy atom. The number of benzene rings is 1. The Kier molecular flexibility index (Phi) is 1.85. The molecule has 0 radical (unpaired) electrons. The van der Waals surface area contributed by atoms with Gasteiger partial charge >= 0.3 is 0 Å². The Balaban J connectivity index is 2.76. The monoisotopic (exact) mass is 212 g/mol. The van der Waals surface area contributed by atoms with Crippen LogP contribution in [0.1, 0.15) is 0 Å². The molecular formula is C8H5FN2O2S. The molecule has 1 aromatic heterocycles. The molecule has 72 valence electrons. The first kappa shape index (κ1) is 8.89. The van der Waals surface area contributed by atoms with Gasteiger partial charge in [0, 0.05) is 22.2 Å². The molecule has 2 aromatic rings. The zero-order chi connectivity index (χ0) is 10.3. The SMILES string of the molecule is Nc1sc2ccc([N+](=O)[O-])cc2c1F. The second-order valence-corrected chi connectivity index (χ2v) is 3.80. The van der Waals surface area contributed by atoms with Crippen molar-refractivity contribution in [2.45, 2.75) is 0 Å². The van der Waals surface area contributed by atoms with Crippen molar-refractivity contribution >= 4 is 32.1 Å². The first-order valence-electron chi connectivity index (χ1n) is 3.71. The minimum absolute atomic E-state index is 0.0560. The highest BCUT2D eigenvalue weighted by atomic mass is 32.1. The van der Waals surface area contributed by atoms with E-state index in [0.29, 0.717) is 4.70 Å². The van der Waals surface area contributed by atoms with Crippen LogP contribution in [0.15, 0.2) is 18.2 Å². The molecule has 0 amide bonds. The third-order valence-electron chi connectivity index (χ3n) is 1.85. The van der Waals surface area contributed by atoms with E-state index in [1.807, 2.05) is 0 Å². The van der Waals surface area contributed by atoms with Crippen molar-refractivity contribution in [3.63, 3.8) is 0 Å². The van der Waals surface area contributed by atoms with Gasteiger partial charge in [0.2, 0.25) is 0 Å². The van der Waals surface area contributed by atoms with Crippen LogP contribution in [0.3, 0.4) is 0 Å². The molecule has 0 saturated carbocycles. The molecule has 0 atom stereocenters. The van der Waals surface area contributed by atoms with Crippen LogP contribution in [0, 0.1) is 15.9 Å². The van der Waals surface area contributed by atoms with Crippen molar-refractivity contribution in [2.75, 3.05) is 5.73 Å². The van der Waals surface area contributed by atoms with Gasteiger partial charge in [-0.2, -0.15) is 0 Å². The minimum atomic E-state index is -0.575. The fourth-order valence-electron chi connectivity index (χ4n) is 1.19. The van der Waals surface area contributed by atoms with Crippen molar-refractivity contribution in [3.8, 4) is 0 Å². The van der Waals surface area contributed by atoms with Crippen LogP contribution in [0.5, 0.6) is 0 Å². The lowest BCUT2D eigenvalue weighted by atomic mass is 10.2. The van der Waals surface area contributed by atoms with E-state index >= 15 is 0 Å². The van der Waals surface area contributed by atoms with E-state index in [4.69, 9.17) is 5.73 Å². The molecular weight excluding hydrogens is 207 g/mol. The van der Waals surface area contributed by atoms with Crippen LogP contribution in [0.4, 0.5) is 15.1 Å². The Morgan fingerprint density at radius 3 is 2.86 bits per heavy atom. The minimum Gasteiger partial charge on any atom is -0.388 e. The normalized spacial score (nSPS) is 10.6. The molecule has 4 nitrogen and oxygen atoms in total. The van der Waals surface area contributed by atoms with Crippen molar-refractivity contribution in [1.82, 2.24) is 0 Å². The van der Waals surface area contributed by atoms with Gasteiger partial charge < -0.3 is 5.73 Å². The summed E-state index contributed by atoms with van der Waals surface area (Å²) < 4.78 is 13.9. The molecule has 2 rings (SSSR count). The number of thiophene rings is 1. The molecule has 1 heterocycles. The molecule has 0 spiro atoms. The number of halogens is 1. The highest BCUT2D eigenvalue weighted by Gasteiger charge is 2.13. The quantitative estimate of drug-likeness (QED) is 0.583. The maximum atomic E-state index is 13.3. The van der Waals surface area contributed by atoms with Crippen LogP contribution >= 0.6 is 11.3 Å². The number of nitrogens with zero attached hydrogens (tertiary/aromatic N) is 1. The van der Waals surface area contributed by atoms with Gasteiger partial charge in [0.15, 0.2) is 5.82 Å². The van der Waals surface area contributed by atoms with E-state index in [9.17, 15) is 14.5 Å². The largest absolute Gasteiger partial charge is 0.388 e. The maximum Gasteiger partial charge on any atom is 0.270 e. The van der Waals surface area contributed by atoms with Gasteiger partial charge in [-0.25, -0.2) is 4.39 Å². The number of nitro groups is 1. The third-order valence-corrected chi connectivity index (χ3v) is 2.82. The summed E-state index contributed by atoms with van der Waals surface area (Å²) in [5.74, 6) is -0.575. The first-order valence-corrected chi connectivity index (χ1v) is 4.53. The number of nitrogen functional groups attached to an aromatic ring is 1. The van der Waals surface area contributed by atoms with E-state index in [0.717, 1.165) is 11.3 Å². The van der Waals surface area contributed by atoms with Crippen LogP contribution in [-0.4, -0.2) is 4.92 Å². The molecule has 0 aliphatic rings. The van der Waals surface area contributed by atoms with Crippen LogP contribution in [0.25, 0.3) is 10.1 Å². The zero-order valence-corrected chi connectivity index (χ0v) is 7.68. The number of rotatable bonds is 1. The third kappa shape index (κ3) is 1.20. The highest BCUT2D eigenvalue weighted by Crippen LogP contribution is 2.33. The number of fused-ring (bicyclic) bond motifs is 1. The van der Waals surface area contributed by atoms with Gasteiger partial charge in [-0.15, -0.1) is 11.3 Å². The van der Waals surface area contributed by atoms with Crippen LogP contribution in [0.2, 0.25) is 0 Å². The van der Waals surface area contributed by atoms with E-state index in [1.165, 1.54) is 18.2 Å². The van der Waals surface area contributed by atoms with E-state index in [2.05, 4.69) is 0 Å². The van der Waals surface area contributed by atoms with Gasteiger partial charge in [-0.3, -0.25) is 10.1 Å². The summed E-state index contributed by atoms with van der Waals surface area (Å²) in [6, 6.07) is 4.02. The Morgan fingerprint density at radius 2 is 2.21 bits per heavy atom. The molecule has 0 unspecified atom stereocenters. The summed E-state index contributed by atoms with van der Waals surface area (Å²) in [5.41, 5.74) is 5.22. The lowest BCUT2D eigenvalue weighted by molar-refractivity contribution is -0.384. The summed E-state index contributed by atoms with van der Waals surface area (Å²) in [6.07, 6.45) is 0. The number of non-ortho nitro benzene ring substituents is 1. The number of anilines is 1. The zero-order valence-electron chi connectivity index (χ0n) is 6.86. The molecule has 6 heteroatoms. The molecule has 1 aromatic carbocycles. The maximum absolute atomic E-state index is 13.3. The molecule has 14 heavy (non-hydrogen) atoms. The molecule has 0 aliphatic heterocycles. The van der Waals surface area contributed by atoms with Gasteiger partial charge in [0.1, 0.15) is 5.00 Å². The molecule has 0 aliphatic carbocycles. The topological polar surface area (TPSA) is 69.2 Å². The standard InChI is InChI=1S/C8H5FN2O2S/c9-7-5-3-4(11(12)13)1-2-6(5)14-8(7)10/h1-3H,10H2. The number of hydrogen-bond donors (Lipinski definition) is 1. The fraction of sp³-hybridized carbons (Fsp3) is 0. The Bertz CT molecular complexity index is 523. The smallest absolute Gasteiger partial charge is 0.270 e. The van der Waals surface area contributed by atoms with Crippen molar-refractivity contribution < 1.29 is 9.31 Å². The van der Waals surface area contributed by atoms with Gasteiger partial charge in [-0.05, 0) is 6.07 Å². The van der Waals surface area contributed by atoms with E-state index in [1.54, 1.807) is 0 Å². The van der Waals surface area contributed by atoms with Crippen molar-refractivity contribution in [1.29, 1.82) is 0 Å². The fourth-order valence-corrected chi connectivity index (χ4v) is 2.02. The predicted molar refractivity (Wildman–Crippen MR) is 52.8 cm³/mol. The molecule has 0 bridgehead atoms. The van der Waals surface area contributed by atoms with Crippen molar-refractivity contribution in [3.05, 3.63) is 34.1 Å². The predicted octanol–water partition coefficient (Wildman–Crippen LogP) is 2.53. The molecule has 0 fully saturated rings. The highest BCUT2D eigenvalue weighted by molar-refractivity contribution is 7.22. The van der Waals surface area contributed by atoms with E-state index < -0.39 is 10.7 Å². The first-order chi connectivity index (χ1) is 6.59. The summed E-state index contributed by atoms with van der Waals surface area (Å²) in [5, 5.41) is 10.7. The average molecular weight is 212 g/mol. The number of nitro benzene ring substituents is 1. The van der Waals surface area contributed by atoms with E-state index in [-0.39, 0.29) is 16.1 Å². The summed E-state index contributed by atoms with van der Waals surface area (Å²) in [6.45, 7) is 0. The lowest BCUT2D eigenvalue weighted by Crippen LogP contribution is -1.87. The van der Waals surface area contributed by atoms with Gasteiger partial charge in [-0.1, -0.05) is 0 Å². The number of hydrogen-bond acceptors (Lipinski definition) is 4. The van der Waals surface area contributed by atoms with Gasteiger partial charge in [0.05, 0.1) is 4.92 Å². The Labute approximate surface area is 81.9 Å².